The zero-order chi connectivity index (χ0) is 12.7. The van der Waals surface area contributed by atoms with Crippen molar-refractivity contribution in [3.05, 3.63) is 0 Å². The molecule has 0 aromatic rings. The third kappa shape index (κ3) is 2.40. The number of hydrogen-bond acceptors (Lipinski definition) is 4. The number of ether oxygens (including phenoxy) is 1. The second kappa shape index (κ2) is 4.14. The summed E-state index contributed by atoms with van der Waals surface area (Å²) in [5.41, 5.74) is -0.365. The fraction of sp³-hybridized carbons (Fsp3) is 0.917. The number of nitrogens with one attached hydrogen (secondary N) is 1. The fourth-order valence-electron chi connectivity index (χ4n) is 2.65. The Morgan fingerprint density at radius 1 is 1.53 bits per heavy atom. The lowest BCUT2D eigenvalue weighted by Crippen LogP contribution is -2.63. The van der Waals surface area contributed by atoms with Crippen LogP contribution in [0.25, 0.3) is 0 Å². The van der Waals surface area contributed by atoms with Gasteiger partial charge in [-0.15, -0.1) is 0 Å². The van der Waals surface area contributed by atoms with E-state index in [2.05, 4.69) is 5.32 Å². The molecule has 2 aliphatic rings. The first kappa shape index (κ1) is 12.6. The first-order valence-corrected chi connectivity index (χ1v) is 6.16. The number of hydrogen-bond donors (Lipinski definition) is 2. The van der Waals surface area contributed by atoms with Gasteiger partial charge in [-0.25, -0.2) is 4.79 Å². The lowest BCUT2D eigenvalue weighted by molar-refractivity contribution is -0.0512. The van der Waals surface area contributed by atoms with Crippen LogP contribution in [0, 0.1) is 11.3 Å². The Labute approximate surface area is 102 Å². The van der Waals surface area contributed by atoms with Crippen LogP contribution >= 0.6 is 0 Å². The van der Waals surface area contributed by atoms with E-state index in [1.54, 1.807) is 4.90 Å². The summed E-state index contributed by atoms with van der Waals surface area (Å²) in [6.45, 7) is 8.92. The SMILES string of the molecule is CC(C)(C)OC(=O)N1CC2(CNCC2CO)C1. The number of carbonyl (C=O) groups is 1. The largest absolute Gasteiger partial charge is 0.444 e. The van der Waals surface area contributed by atoms with Crippen molar-refractivity contribution in [1.29, 1.82) is 0 Å². The van der Waals surface area contributed by atoms with E-state index in [1.165, 1.54) is 0 Å². The minimum atomic E-state index is -0.440. The summed E-state index contributed by atoms with van der Waals surface area (Å²) in [6.07, 6.45) is -0.244. The highest BCUT2D eigenvalue weighted by atomic mass is 16.6. The highest BCUT2D eigenvalue weighted by Gasteiger charge is 2.53. The second-order valence-electron chi connectivity index (χ2n) is 6.21. The lowest BCUT2D eigenvalue weighted by Gasteiger charge is -2.50. The summed E-state index contributed by atoms with van der Waals surface area (Å²) >= 11 is 0. The molecule has 2 saturated heterocycles. The standard InChI is InChI=1S/C12H22N2O3/c1-11(2,3)17-10(16)14-7-12(8-14)6-13-4-9(12)5-15/h9,13,15H,4-8H2,1-3H3. The van der Waals surface area contributed by atoms with Crippen LogP contribution in [0.1, 0.15) is 20.8 Å². The number of likely N-dealkylation sites (tertiary alicyclic amines) is 1. The first-order valence-electron chi connectivity index (χ1n) is 6.16. The molecule has 1 spiro atoms. The summed E-state index contributed by atoms with van der Waals surface area (Å²) in [4.78, 5) is 13.5. The highest BCUT2D eigenvalue weighted by Crippen LogP contribution is 2.40. The average molecular weight is 242 g/mol. The van der Waals surface area contributed by atoms with Gasteiger partial charge in [-0.3, -0.25) is 0 Å². The molecule has 5 nitrogen and oxygen atoms in total. The van der Waals surface area contributed by atoms with Crippen LogP contribution in [-0.4, -0.2) is 54.5 Å². The van der Waals surface area contributed by atoms with Gasteiger partial charge in [-0.1, -0.05) is 0 Å². The quantitative estimate of drug-likeness (QED) is 0.700. The van der Waals surface area contributed by atoms with Gasteiger partial charge in [0.15, 0.2) is 0 Å². The Kier molecular flexibility index (Phi) is 3.08. The molecule has 1 unspecified atom stereocenters. The van der Waals surface area contributed by atoms with Crippen molar-refractivity contribution in [2.75, 3.05) is 32.8 Å². The second-order valence-corrected chi connectivity index (χ2v) is 6.21. The van der Waals surface area contributed by atoms with Gasteiger partial charge >= 0.3 is 6.09 Å². The molecular weight excluding hydrogens is 220 g/mol. The van der Waals surface area contributed by atoms with E-state index in [-0.39, 0.29) is 24.0 Å². The molecule has 5 heteroatoms. The molecule has 0 aliphatic carbocycles. The van der Waals surface area contributed by atoms with E-state index in [0.717, 1.165) is 13.1 Å². The monoisotopic (exact) mass is 242 g/mol. The van der Waals surface area contributed by atoms with Crippen LogP contribution in [0.2, 0.25) is 0 Å². The fourth-order valence-corrected chi connectivity index (χ4v) is 2.65. The third-order valence-corrected chi connectivity index (χ3v) is 3.62. The molecule has 2 heterocycles. The molecule has 17 heavy (non-hydrogen) atoms. The Balaban J connectivity index is 1.88. The number of carbonyl (C=O) groups excluding carboxylic acids is 1. The van der Waals surface area contributed by atoms with Gasteiger partial charge in [0.2, 0.25) is 0 Å². The summed E-state index contributed by atoms with van der Waals surface area (Å²) in [7, 11) is 0. The van der Waals surface area contributed by atoms with Crippen LogP contribution in [-0.2, 0) is 4.74 Å². The molecule has 0 aromatic heterocycles. The summed E-state index contributed by atoms with van der Waals surface area (Å²) < 4.78 is 5.32. The highest BCUT2D eigenvalue weighted by molar-refractivity contribution is 5.69. The van der Waals surface area contributed by atoms with Gasteiger partial charge in [0.25, 0.3) is 0 Å². The van der Waals surface area contributed by atoms with Crippen LogP contribution in [0.3, 0.4) is 0 Å². The van der Waals surface area contributed by atoms with Crippen molar-refractivity contribution in [3.63, 3.8) is 0 Å². The Morgan fingerprint density at radius 3 is 2.71 bits per heavy atom. The van der Waals surface area contributed by atoms with Gasteiger partial charge in [-0.05, 0) is 20.8 Å². The van der Waals surface area contributed by atoms with E-state index >= 15 is 0 Å². The molecule has 1 atom stereocenters. The number of amides is 1. The zero-order valence-corrected chi connectivity index (χ0v) is 10.8. The van der Waals surface area contributed by atoms with Crippen LogP contribution < -0.4 is 5.32 Å². The molecule has 0 bridgehead atoms. The number of rotatable bonds is 1. The minimum absolute atomic E-state index is 0.0751. The predicted molar refractivity (Wildman–Crippen MR) is 63.7 cm³/mol. The summed E-state index contributed by atoms with van der Waals surface area (Å²) in [6, 6.07) is 0. The first-order chi connectivity index (χ1) is 7.86. The molecule has 2 aliphatic heterocycles. The topological polar surface area (TPSA) is 61.8 Å². The van der Waals surface area contributed by atoms with Gasteiger partial charge < -0.3 is 20.1 Å². The van der Waals surface area contributed by atoms with E-state index in [0.29, 0.717) is 13.1 Å². The molecule has 2 fully saturated rings. The van der Waals surface area contributed by atoms with Crippen molar-refractivity contribution < 1.29 is 14.6 Å². The van der Waals surface area contributed by atoms with Crippen molar-refractivity contribution in [2.24, 2.45) is 11.3 Å². The maximum absolute atomic E-state index is 11.8. The Morgan fingerprint density at radius 2 is 2.18 bits per heavy atom. The van der Waals surface area contributed by atoms with E-state index < -0.39 is 5.60 Å². The summed E-state index contributed by atoms with van der Waals surface area (Å²) in [5.74, 6) is 0.265. The Hall–Kier alpha value is -0.810. The van der Waals surface area contributed by atoms with Gasteiger partial charge in [0.1, 0.15) is 5.60 Å². The predicted octanol–water partition coefficient (Wildman–Crippen LogP) is 0.435. The van der Waals surface area contributed by atoms with E-state index in [1.807, 2.05) is 20.8 Å². The van der Waals surface area contributed by atoms with Gasteiger partial charge in [0, 0.05) is 44.1 Å². The molecule has 0 aromatic carbocycles. The smallest absolute Gasteiger partial charge is 0.410 e. The molecular formula is C12H22N2O3. The molecule has 98 valence electrons. The minimum Gasteiger partial charge on any atom is -0.444 e. The number of aliphatic hydroxyl groups excluding tert-OH is 1. The van der Waals surface area contributed by atoms with Crippen molar-refractivity contribution in [3.8, 4) is 0 Å². The molecule has 0 saturated carbocycles. The number of nitrogens with zero attached hydrogens (tertiary/aromatic N) is 1. The van der Waals surface area contributed by atoms with E-state index in [4.69, 9.17) is 4.74 Å². The molecule has 1 amide bonds. The van der Waals surface area contributed by atoms with Crippen LogP contribution in [0.5, 0.6) is 0 Å². The normalized spacial score (nSPS) is 27.1. The zero-order valence-electron chi connectivity index (χ0n) is 10.8. The number of aliphatic hydroxyl groups is 1. The summed E-state index contributed by atoms with van der Waals surface area (Å²) in [5, 5.41) is 12.6. The van der Waals surface area contributed by atoms with Crippen molar-refractivity contribution >= 4 is 6.09 Å². The average Bonchev–Trinajstić information content (AvgIpc) is 2.55. The molecule has 0 radical (unpaired) electrons. The van der Waals surface area contributed by atoms with Gasteiger partial charge in [0.05, 0.1) is 0 Å². The lowest BCUT2D eigenvalue weighted by atomic mass is 9.72. The maximum atomic E-state index is 11.8. The van der Waals surface area contributed by atoms with Crippen LogP contribution in [0.15, 0.2) is 0 Å². The third-order valence-electron chi connectivity index (χ3n) is 3.62. The van der Waals surface area contributed by atoms with Crippen molar-refractivity contribution in [2.45, 2.75) is 26.4 Å². The van der Waals surface area contributed by atoms with Crippen molar-refractivity contribution in [1.82, 2.24) is 10.2 Å². The Bertz CT molecular complexity index is 305. The molecule has 2 rings (SSSR count). The van der Waals surface area contributed by atoms with Gasteiger partial charge in [-0.2, -0.15) is 0 Å². The van der Waals surface area contributed by atoms with E-state index in [9.17, 15) is 9.90 Å². The van der Waals surface area contributed by atoms with Crippen LogP contribution in [0.4, 0.5) is 4.79 Å². The molecule has 2 N–H and O–H groups in total. The maximum Gasteiger partial charge on any atom is 0.410 e.